The van der Waals surface area contributed by atoms with E-state index in [0.717, 1.165) is 12.1 Å². The van der Waals surface area contributed by atoms with Crippen LogP contribution in [0.1, 0.15) is 24.5 Å². The Morgan fingerprint density at radius 2 is 1.83 bits per heavy atom. The Balaban J connectivity index is 1.89. The van der Waals surface area contributed by atoms with Gasteiger partial charge in [-0.15, -0.1) is 0 Å². The fraction of sp³-hybridized carbons (Fsp3) is 0.333. The zero-order chi connectivity index (χ0) is 22.1. The van der Waals surface area contributed by atoms with Gasteiger partial charge in [0, 0.05) is 26.0 Å². The molecule has 9 heteroatoms. The van der Waals surface area contributed by atoms with Crippen molar-refractivity contribution in [3.05, 3.63) is 75.3 Å². The molecule has 30 heavy (non-hydrogen) atoms. The maximum Gasteiger partial charge on any atom is 0.275 e. The highest BCUT2D eigenvalue weighted by atomic mass is 19.1. The highest BCUT2D eigenvalue weighted by Gasteiger charge is 2.49. The summed E-state index contributed by atoms with van der Waals surface area (Å²) >= 11 is 0. The summed E-state index contributed by atoms with van der Waals surface area (Å²) in [5.74, 6) is -2.14. The molecule has 0 saturated carbocycles. The Morgan fingerprint density at radius 3 is 2.43 bits per heavy atom. The maximum absolute atomic E-state index is 14.3. The molecule has 1 saturated heterocycles. The number of nitrogens with one attached hydrogen (secondary N) is 1. The van der Waals surface area contributed by atoms with E-state index in [1.165, 1.54) is 30.1 Å². The second-order valence-electron chi connectivity index (χ2n) is 7.36. The van der Waals surface area contributed by atoms with Crippen molar-refractivity contribution in [2.75, 3.05) is 7.05 Å². The van der Waals surface area contributed by atoms with E-state index in [1.807, 2.05) is 0 Å². The van der Waals surface area contributed by atoms with Gasteiger partial charge in [-0.1, -0.05) is 25.1 Å². The molecule has 3 rings (SSSR count). The minimum absolute atomic E-state index is 0.158. The number of likely N-dealkylation sites (N-methyl/N-ethyl adjacent to an activating group) is 1. The molecule has 2 atom stereocenters. The highest BCUT2D eigenvalue weighted by molar-refractivity contribution is 6.00. The van der Waals surface area contributed by atoms with Crippen LogP contribution >= 0.6 is 0 Å². The highest BCUT2D eigenvalue weighted by Crippen LogP contribution is 2.29. The zero-order valence-corrected chi connectivity index (χ0v) is 16.5. The van der Waals surface area contributed by atoms with Crippen LogP contribution in [0.3, 0.4) is 0 Å². The zero-order valence-electron chi connectivity index (χ0n) is 16.5. The molecule has 0 radical (unpaired) electrons. The predicted molar refractivity (Wildman–Crippen MR) is 105 cm³/mol. The van der Waals surface area contributed by atoms with Gasteiger partial charge in [-0.05, 0) is 30.2 Å². The molecule has 2 unspecified atom stereocenters. The molecule has 2 aromatic carbocycles. The fourth-order valence-corrected chi connectivity index (χ4v) is 3.81. The van der Waals surface area contributed by atoms with Gasteiger partial charge in [0.15, 0.2) is 0 Å². The fourth-order valence-electron chi connectivity index (χ4n) is 3.81. The number of benzene rings is 2. The van der Waals surface area contributed by atoms with Crippen molar-refractivity contribution in [1.82, 2.24) is 10.2 Å². The number of carbonyl (C=O) groups excluding carboxylic acids is 2. The Bertz CT molecular complexity index is 996. The number of rotatable bonds is 6. The molecule has 0 spiro atoms. The summed E-state index contributed by atoms with van der Waals surface area (Å²) < 4.78 is 27.5. The summed E-state index contributed by atoms with van der Waals surface area (Å²) in [7, 11) is 1.42. The van der Waals surface area contributed by atoms with Crippen LogP contribution in [0.2, 0.25) is 0 Å². The SMILES string of the molecule is CCC1(Cc2ccc(F)cc2)NC(=O)C(Cc2c(F)cccc2[N+](=O)[O-])N(C)C1=O. The number of nitro benzene ring substituents is 1. The molecule has 0 bridgehead atoms. The molecular formula is C21H21F2N3O4. The van der Waals surface area contributed by atoms with Gasteiger partial charge in [-0.2, -0.15) is 0 Å². The topological polar surface area (TPSA) is 92.5 Å². The summed E-state index contributed by atoms with van der Waals surface area (Å²) in [5.41, 5.74) is -1.24. The summed E-state index contributed by atoms with van der Waals surface area (Å²) in [5, 5.41) is 14.0. The first-order valence-corrected chi connectivity index (χ1v) is 9.44. The molecule has 0 aromatic heterocycles. The molecule has 158 valence electrons. The van der Waals surface area contributed by atoms with Gasteiger partial charge in [0.25, 0.3) is 5.69 Å². The quantitative estimate of drug-likeness (QED) is 0.578. The van der Waals surface area contributed by atoms with E-state index in [9.17, 15) is 28.5 Å². The molecule has 1 heterocycles. The third kappa shape index (κ3) is 3.87. The lowest BCUT2D eigenvalue weighted by Gasteiger charge is -2.44. The van der Waals surface area contributed by atoms with E-state index in [0.29, 0.717) is 5.56 Å². The Hall–Kier alpha value is -3.36. The lowest BCUT2D eigenvalue weighted by atomic mass is 9.83. The number of nitrogens with zero attached hydrogens (tertiary/aromatic N) is 2. The number of carbonyl (C=O) groups is 2. The molecule has 2 aromatic rings. The standard InChI is InChI=1S/C21H21F2N3O4/c1-3-21(12-13-7-9-14(22)10-8-13)20(28)25(2)18(19(27)24-21)11-15-16(23)5-4-6-17(15)26(29)30/h4-10,18H,3,11-12H2,1-2H3,(H,24,27). The monoisotopic (exact) mass is 417 g/mol. The molecule has 7 nitrogen and oxygen atoms in total. The predicted octanol–water partition coefficient (Wildman–Crippen LogP) is 2.76. The number of hydrogen-bond acceptors (Lipinski definition) is 4. The lowest BCUT2D eigenvalue weighted by molar-refractivity contribution is -0.385. The van der Waals surface area contributed by atoms with Crippen LogP contribution in [-0.4, -0.2) is 40.3 Å². The number of piperazine rings is 1. The molecular weight excluding hydrogens is 396 g/mol. The van der Waals surface area contributed by atoms with E-state index >= 15 is 0 Å². The Labute approximate surface area is 171 Å². The number of nitro groups is 1. The van der Waals surface area contributed by atoms with Crippen molar-refractivity contribution >= 4 is 17.5 Å². The van der Waals surface area contributed by atoms with Crippen molar-refractivity contribution in [2.24, 2.45) is 0 Å². The van der Waals surface area contributed by atoms with Gasteiger partial charge >= 0.3 is 0 Å². The first-order chi connectivity index (χ1) is 14.2. The summed E-state index contributed by atoms with van der Waals surface area (Å²) in [6, 6.07) is 8.00. The van der Waals surface area contributed by atoms with Gasteiger partial charge < -0.3 is 10.2 Å². The summed E-state index contributed by atoms with van der Waals surface area (Å²) in [6.45, 7) is 1.75. The largest absolute Gasteiger partial charge is 0.340 e. The normalized spacial score (nSPS) is 21.5. The second-order valence-corrected chi connectivity index (χ2v) is 7.36. The minimum Gasteiger partial charge on any atom is -0.340 e. The van der Waals surface area contributed by atoms with Crippen LogP contribution < -0.4 is 5.32 Å². The van der Waals surface area contributed by atoms with Crippen LogP contribution in [0.15, 0.2) is 42.5 Å². The van der Waals surface area contributed by atoms with Crippen LogP contribution in [0, 0.1) is 21.7 Å². The van der Waals surface area contributed by atoms with Gasteiger partial charge in [-0.25, -0.2) is 8.78 Å². The third-order valence-corrected chi connectivity index (χ3v) is 5.57. The lowest BCUT2D eigenvalue weighted by Crippen LogP contribution is -2.70. The van der Waals surface area contributed by atoms with E-state index in [-0.39, 0.29) is 24.8 Å². The van der Waals surface area contributed by atoms with Crippen molar-refractivity contribution in [2.45, 2.75) is 37.8 Å². The van der Waals surface area contributed by atoms with Crippen molar-refractivity contribution in [1.29, 1.82) is 0 Å². The van der Waals surface area contributed by atoms with E-state index in [4.69, 9.17) is 0 Å². The van der Waals surface area contributed by atoms with Crippen LogP contribution in [0.4, 0.5) is 14.5 Å². The number of halogens is 2. The van der Waals surface area contributed by atoms with Crippen LogP contribution in [0.5, 0.6) is 0 Å². The maximum atomic E-state index is 14.3. The van der Waals surface area contributed by atoms with Gasteiger partial charge in [-0.3, -0.25) is 19.7 Å². The van der Waals surface area contributed by atoms with Crippen LogP contribution in [0.25, 0.3) is 0 Å². The molecule has 2 amide bonds. The van der Waals surface area contributed by atoms with Crippen molar-refractivity contribution < 1.29 is 23.3 Å². The Morgan fingerprint density at radius 1 is 1.17 bits per heavy atom. The molecule has 1 fully saturated rings. The van der Waals surface area contributed by atoms with E-state index in [2.05, 4.69) is 5.32 Å². The van der Waals surface area contributed by atoms with Crippen molar-refractivity contribution in [3.8, 4) is 0 Å². The molecule has 0 aliphatic carbocycles. The van der Waals surface area contributed by atoms with Crippen LogP contribution in [-0.2, 0) is 22.4 Å². The third-order valence-electron chi connectivity index (χ3n) is 5.57. The summed E-state index contributed by atoms with van der Waals surface area (Å²) in [4.78, 5) is 37.9. The second kappa shape index (κ2) is 8.17. The molecule has 1 aliphatic heterocycles. The molecule has 1 N–H and O–H groups in total. The van der Waals surface area contributed by atoms with E-state index in [1.54, 1.807) is 19.1 Å². The van der Waals surface area contributed by atoms with Gasteiger partial charge in [0.05, 0.1) is 10.5 Å². The molecule has 1 aliphatic rings. The van der Waals surface area contributed by atoms with E-state index < -0.39 is 45.6 Å². The first kappa shape index (κ1) is 21.4. The average molecular weight is 417 g/mol. The summed E-state index contributed by atoms with van der Waals surface area (Å²) in [6.07, 6.45) is 0.116. The van der Waals surface area contributed by atoms with Gasteiger partial charge in [0.2, 0.25) is 11.8 Å². The Kier molecular flexibility index (Phi) is 5.82. The average Bonchev–Trinajstić information content (AvgIpc) is 2.71. The minimum atomic E-state index is -1.23. The van der Waals surface area contributed by atoms with Crippen molar-refractivity contribution in [3.63, 3.8) is 0 Å². The number of amides is 2. The van der Waals surface area contributed by atoms with Gasteiger partial charge in [0.1, 0.15) is 23.2 Å². The first-order valence-electron chi connectivity index (χ1n) is 9.44. The smallest absolute Gasteiger partial charge is 0.275 e. The number of hydrogen-bond donors (Lipinski definition) is 1.